The zero-order chi connectivity index (χ0) is 36.3. The number of aliphatic imine (C=N–C) groups is 2. The predicted molar refractivity (Wildman–Crippen MR) is 229 cm³/mol. The molecule has 11 rings (SSSR count). The molecule has 1 aliphatic heterocycles. The zero-order valence-corrected chi connectivity index (χ0v) is 29.8. The first-order valence-corrected chi connectivity index (χ1v) is 18.7. The highest BCUT2D eigenvalue weighted by Crippen LogP contribution is 2.38. The fraction of sp³-hybridized carbons (Fsp3) is 0.0196. The Hall–Kier alpha value is -7.30. The van der Waals surface area contributed by atoms with Gasteiger partial charge in [0.05, 0.1) is 0 Å². The van der Waals surface area contributed by atoms with Gasteiger partial charge < -0.3 is 9.73 Å². The van der Waals surface area contributed by atoms with Crippen LogP contribution in [0.25, 0.3) is 76.5 Å². The maximum absolute atomic E-state index is 6.23. The van der Waals surface area contributed by atoms with Crippen molar-refractivity contribution in [3.05, 3.63) is 205 Å². The van der Waals surface area contributed by atoms with Crippen molar-refractivity contribution in [2.24, 2.45) is 9.98 Å². The van der Waals surface area contributed by atoms with Crippen molar-refractivity contribution < 1.29 is 4.42 Å². The lowest BCUT2D eigenvalue weighted by Gasteiger charge is -2.24. The molecule has 0 fully saturated rings. The minimum absolute atomic E-state index is 0.329. The van der Waals surface area contributed by atoms with Gasteiger partial charge in [-0.2, -0.15) is 0 Å². The summed E-state index contributed by atoms with van der Waals surface area (Å²) in [7, 11) is 0. The molecule has 1 N–H and O–H groups in total. The molecular weight excluding hydrogens is 671 g/mol. The molecule has 0 radical (unpaired) electrons. The van der Waals surface area contributed by atoms with E-state index >= 15 is 0 Å². The molecule has 2 heterocycles. The quantitative estimate of drug-likeness (QED) is 0.194. The fourth-order valence-corrected chi connectivity index (χ4v) is 8.12. The largest absolute Gasteiger partial charge is 0.456 e. The third-order valence-corrected chi connectivity index (χ3v) is 10.9. The molecule has 0 amide bonds. The average Bonchev–Trinajstić information content (AvgIpc) is 3.65. The second-order valence-electron chi connectivity index (χ2n) is 14.2. The van der Waals surface area contributed by atoms with Gasteiger partial charge in [-0.05, 0) is 90.5 Å². The highest BCUT2D eigenvalue weighted by Gasteiger charge is 2.22. The molecule has 258 valence electrons. The van der Waals surface area contributed by atoms with Crippen molar-refractivity contribution in [1.29, 1.82) is 0 Å². The molecule has 0 spiro atoms. The third-order valence-electron chi connectivity index (χ3n) is 10.9. The Bertz CT molecular complexity index is 3180. The summed E-state index contributed by atoms with van der Waals surface area (Å²) in [5, 5.41) is 13.1. The molecule has 1 unspecified atom stereocenters. The van der Waals surface area contributed by atoms with Gasteiger partial charge in [0.25, 0.3) is 0 Å². The Kier molecular flexibility index (Phi) is 7.20. The minimum Gasteiger partial charge on any atom is -0.456 e. The molecular formula is C51H33N3O. The standard InChI is InChI=1S/C51H33N3O/c1-2-11-37-29-39(27-20-32(37)9-1)50-52-49(36-24-22-35(23-25-36)43-15-7-12-34-10-3-4-13-42(34)43)53-51(54-50)40-28-21-33-19-26-38(30-41(33)31-40)44-16-8-18-47-48(44)45-14-5-6-17-46(45)55-47/h1-31,49H,(H,52,53,54). The molecule has 0 saturated heterocycles. The van der Waals surface area contributed by atoms with Crippen LogP contribution in [0.1, 0.15) is 22.9 Å². The van der Waals surface area contributed by atoms with Crippen molar-refractivity contribution in [3.8, 4) is 22.3 Å². The number of fused-ring (bicyclic) bond motifs is 6. The smallest absolute Gasteiger partial charge is 0.159 e. The van der Waals surface area contributed by atoms with E-state index in [-0.39, 0.29) is 6.17 Å². The summed E-state index contributed by atoms with van der Waals surface area (Å²) >= 11 is 0. The van der Waals surface area contributed by atoms with Gasteiger partial charge >= 0.3 is 0 Å². The first kappa shape index (κ1) is 31.2. The Labute approximate surface area is 317 Å². The minimum atomic E-state index is -0.329. The number of rotatable bonds is 5. The summed E-state index contributed by atoms with van der Waals surface area (Å²) in [5.41, 5.74) is 9.54. The highest BCUT2D eigenvalue weighted by atomic mass is 16.3. The number of amidine groups is 2. The van der Waals surface area contributed by atoms with E-state index in [1.807, 2.05) is 18.2 Å². The van der Waals surface area contributed by atoms with E-state index in [2.05, 4.69) is 175 Å². The molecule has 0 bridgehead atoms. The second kappa shape index (κ2) is 12.7. The van der Waals surface area contributed by atoms with Crippen molar-refractivity contribution in [1.82, 2.24) is 5.32 Å². The van der Waals surface area contributed by atoms with Crippen LogP contribution >= 0.6 is 0 Å². The van der Waals surface area contributed by atoms with Crippen LogP contribution in [0.3, 0.4) is 0 Å². The summed E-state index contributed by atoms with van der Waals surface area (Å²) in [6, 6.07) is 66.5. The molecule has 0 saturated carbocycles. The Morgan fingerprint density at radius 1 is 0.418 bits per heavy atom. The van der Waals surface area contributed by atoms with E-state index in [1.165, 1.54) is 27.3 Å². The topological polar surface area (TPSA) is 49.9 Å². The summed E-state index contributed by atoms with van der Waals surface area (Å²) in [6.45, 7) is 0. The molecule has 0 aliphatic carbocycles. The molecule has 4 nitrogen and oxygen atoms in total. The van der Waals surface area contributed by atoms with Crippen LogP contribution < -0.4 is 5.32 Å². The van der Waals surface area contributed by atoms with Crippen LogP contribution in [0.4, 0.5) is 0 Å². The molecule has 10 aromatic rings. The Balaban J connectivity index is 1.00. The number of para-hydroxylation sites is 1. The van der Waals surface area contributed by atoms with Gasteiger partial charge in [-0.25, -0.2) is 9.98 Å². The van der Waals surface area contributed by atoms with Crippen LogP contribution in [0.2, 0.25) is 0 Å². The van der Waals surface area contributed by atoms with Crippen LogP contribution in [0, 0.1) is 0 Å². The van der Waals surface area contributed by atoms with Gasteiger partial charge in [0, 0.05) is 21.9 Å². The van der Waals surface area contributed by atoms with Gasteiger partial charge in [0.15, 0.2) is 5.84 Å². The van der Waals surface area contributed by atoms with Crippen LogP contribution in [-0.4, -0.2) is 11.7 Å². The number of benzene rings is 9. The highest BCUT2D eigenvalue weighted by molar-refractivity contribution is 6.15. The predicted octanol–water partition coefficient (Wildman–Crippen LogP) is 12.9. The van der Waals surface area contributed by atoms with Gasteiger partial charge in [-0.1, -0.05) is 158 Å². The Morgan fingerprint density at radius 3 is 1.89 bits per heavy atom. The van der Waals surface area contributed by atoms with E-state index in [9.17, 15) is 0 Å². The molecule has 1 aromatic heterocycles. The number of hydrogen-bond acceptors (Lipinski definition) is 4. The first-order chi connectivity index (χ1) is 27.2. The average molecular weight is 704 g/mol. The number of nitrogens with one attached hydrogen (secondary N) is 1. The first-order valence-electron chi connectivity index (χ1n) is 18.7. The van der Waals surface area contributed by atoms with Crippen molar-refractivity contribution >= 4 is 65.9 Å². The normalized spacial score (nSPS) is 14.4. The van der Waals surface area contributed by atoms with Crippen molar-refractivity contribution in [2.75, 3.05) is 0 Å². The number of hydrogen-bond donors (Lipinski definition) is 1. The monoisotopic (exact) mass is 703 g/mol. The second-order valence-corrected chi connectivity index (χ2v) is 14.2. The summed E-state index contributed by atoms with van der Waals surface area (Å²) in [4.78, 5) is 10.4. The third kappa shape index (κ3) is 5.46. The summed E-state index contributed by atoms with van der Waals surface area (Å²) in [6.07, 6.45) is -0.329. The Morgan fingerprint density at radius 2 is 1.02 bits per heavy atom. The zero-order valence-electron chi connectivity index (χ0n) is 29.8. The van der Waals surface area contributed by atoms with E-state index in [1.54, 1.807) is 0 Å². The van der Waals surface area contributed by atoms with Crippen LogP contribution in [0.15, 0.2) is 202 Å². The van der Waals surface area contributed by atoms with Gasteiger partial charge in [0.2, 0.25) is 0 Å². The fourth-order valence-electron chi connectivity index (χ4n) is 8.12. The van der Waals surface area contributed by atoms with Crippen molar-refractivity contribution in [3.63, 3.8) is 0 Å². The number of nitrogens with zero attached hydrogens (tertiary/aromatic N) is 2. The molecule has 55 heavy (non-hydrogen) atoms. The maximum atomic E-state index is 6.23. The summed E-state index contributed by atoms with van der Waals surface area (Å²) in [5.74, 6) is 1.49. The lowest BCUT2D eigenvalue weighted by atomic mass is 9.96. The van der Waals surface area contributed by atoms with Crippen LogP contribution in [0.5, 0.6) is 0 Å². The molecule has 1 atom stereocenters. The van der Waals surface area contributed by atoms with Gasteiger partial charge in [-0.3, -0.25) is 0 Å². The SMILES string of the molecule is c1ccc2cc(C3=NC(c4ccc(-c5cccc6ccccc56)cc4)NC(c4ccc5ccc(-c6cccc7oc8ccccc8c67)cc5c4)=N3)ccc2c1. The van der Waals surface area contributed by atoms with Crippen molar-refractivity contribution in [2.45, 2.75) is 6.17 Å². The molecule has 4 heteroatoms. The van der Waals surface area contributed by atoms with Gasteiger partial charge in [-0.15, -0.1) is 0 Å². The van der Waals surface area contributed by atoms with Crippen LogP contribution in [-0.2, 0) is 0 Å². The lowest BCUT2D eigenvalue weighted by molar-refractivity contribution is 0.669. The maximum Gasteiger partial charge on any atom is 0.159 e. The number of furan rings is 1. The lowest BCUT2D eigenvalue weighted by Crippen LogP contribution is -2.33. The van der Waals surface area contributed by atoms with E-state index in [0.717, 1.165) is 71.8 Å². The molecule has 1 aliphatic rings. The molecule has 9 aromatic carbocycles. The summed E-state index contributed by atoms with van der Waals surface area (Å²) < 4.78 is 6.23. The van der Waals surface area contributed by atoms with E-state index in [0.29, 0.717) is 5.84 Å². The van der Waals surface area contributed by atoms with Gasteiger partial charge in [0.1, 0.15) is 23.2 Å². The van der Waals surface area contributed by atoms with E-state index < -0.39 is 0 Å². The van der Waals surface area contributed by atoms with E-state index in [4.69, 9.17) is 14.4 Å².